The Bertz CT molecular complexity index is 782. The summed E-state index contributed by atoms with van der Waals surface area (Å²) in [5, 5.41) is 6.21. The molecule has 0 fully saturated rings. The summed E-state index contributed by atoms with van der Waals surface area (Å²) in [4.78, 5) is 4.39. The van der Waals surface area contributed by atoms with E-state index in [9.17, 15) is 0 Å². The molecule has 0 saturated heterocycles. The first-order chi connectivity index (χ1) is 10.1. The van der Waals surface area contributed by atoms with E-state index in [4.69, 9.17) is 34.8 Å². The van der Waals surface area contributed by atoms with Gasteiger partial charge in [-0.1, -0.05) is 34.8 Å². The minimum Gasteiger partial charge on any atom is -0.379 e. The molecule has 3 rings (SSSR count). The van der Waals surface area contributed by atoms with Crippen molar-refractivity contribution >= 4 is 51.4 Å². The fraction of sp³-hybridized carbons (Fsp3) is 0.0625. The molecule has 3 aromatic rings. The monoisotopic (exact) mass is 336 g/mol. The molecule has 0 aliphatic heterocycles. The van der Waals surface area contributed by atoms with Gasteiger partial charge in [-0.3, -0.25) is 4.98 Å². The summed E-state index contributed by atoms with van der Waals surface area (Å²) in [6.07, 6.45) is 1.75. The Hall–Kier alpha value is -1.48. The van der Waals surface area contributed by atoms with E-state index in [-0.39, 0.29) is 0 Å². The predicted octanol–water partition coefficient (Wildman–Crippen LogP) is 5.81. The van der Waals surface area contributed by atoms with Crippen LogP contribution >= 0.6 is 34.8 Å². The van der Waals surface area contributed by atoms with Gasteiger partial charge in [0.15, 0.2) is 0 Å². The smallest absolute Gasteiger partial charge is 0.0948 e. The molecule has 2 aromatic carbocycles. The van der Waals surface area contributed by atoms with Crippen LogP contribution in [0.1, 0.15) is 5.56 Å². The fourth-order valence-electron chi connectivity index (χ4n) is 2.19. The molecule has 0 bridgehead atoms. The van der Waals surface area contributed by atoms with E-state index in [1.807, 2.05) is 36.4 Å². The first-order valence-corrected chi connectivity index (χ1v) is 7.49. The van der Waals surface area contributed by atoms with Crippen LogP contribution in [0.15, 0.2) is 48.7 Å². The topological polar surface area (TPSA) is 24.9 Å². The maximum Gasteiger partial charge on any atom is 0.0948 e. The molecular formula is C16H11Cl3N2. The molecular weight excluding hydrogens is 327 g/mol. The summed E-state index contributed by atoms with van der Waals surface area (Å²) in [5.74, 6) is 0. The van der Waals surface area contributed by atoms with Crippen LogP contribution in [0.4, 0.5) is 5.69 Å². The van der Waals surface area contributed by atoms with Gasteiger partial charge in [-0.15, -0.1) is 0 Å². The van der Waals surface area contributed by atoms with E-state index in [0.717, 1.165) is 22.2 Å². The number of hydrogen-bond acceptors (Lipinski definition) is 2. The summed E-state index contributed by atoms with van der Waals surface area (Å²) < 4.78 is 0. The van der Waals surface area contributed by atoms with Gasteiger partial charge < -0.3 is 5.32 Å². The number of anilines is 1. The third-order valence-electron chi connectivity index (χ3n) is 3.12. The normalized spacial score (nSPS) is 10.8. The van der Waals surface area contributed by atoms with Gasteiger partial charge in [0.05, 0.1) is 16.2 Å². The standard InChI is InChI=1S/C16H11Cl3N2/c17-11-6-10(7-12(18)8-11)9-21-15-4-3-14(19)13-2-1-5-20-16(13)15/h1-8,21H,9H2. The van der Waals surface area contributed by atoms with E-state index in [1.165, 1.54) is 0 Å². The third kappa shape index (κ3) is 3.24. The zero-order valence-electron chi connectivity index (χ0n) is 10.9. The van der Waals surface area contributed by atoms with Gasteiger partial charge in [0.25, 0.3) is 0 Å². The van der Waals surface area contributed by atoms with Gasteiger partial charge in [0, 0.05) is 28.2 Å². The van der Waals surface area contributed by atoms with Crippen molar-refractivity contribution in [1.29, 1.82) is 0 Å². The number of pyridine rings is 1. The molecule has 0 unspecified atom stereocenters. The highest BCUT2D eigenvalue weighted by Gasteiger charge is 2.06. The number of hydrogen-bond donors (Lipinski definition) is 1. The Balaban J connectivity index is 1.90. The summed E-state index contributed by atoms with van der Waals surface area (Å²) in [5.41, 5.74) is 2.77. The summed E-state index contributed by atoms with van der Waals surface area (Å²) in [6.45, 7) is 0.605. The highest BCUT2D eigenvalue weighted by atomic mass is 35.5. The molecule has 1 aromatic heterocycles. The van der Waals surface area contributed by atoms with Crippen LogP contribution in [0.5, 0.6) is 0 Å². The molecule has 0 aliphatic carbocycles. The predicted molar refractivity (Wildman–Crippen MR) is 90.5 cm³/mol. The zero-order chi connectivity index (χ0) is 14.8. The molecule has 21 heavy (non-hydrogen) atoms. The first-order valence-electron chi connectivity index (χ1n) is 6.35. The van der Waals surface area contributed by atoms with Crippen molar-refractivity contribution in [2.24, 2.45) is 0 Å². The summed E-state index contributed by atoms with van der Waals surface area (Å²) >= 11 is 18.2. The Labute approximate surface area is 137 Å². The van der Waals surface area contributed by atoms with Crippen molar-refractivity contribution in [2.75, 3.05) is 5.32 Å². The molecule has 0 spiro atoms. The van der Waals surface area contributed by atoms with E-state index in [1.54, 1.807) is 12.3 Å². The number of fused-ring (bicyclic) bond motifs is 1. The molecule has 1 heterocycles. The van der Waals surface area contributed by atoms with Crippen molar-refractivity contribution in [3.05, 3.63) is 69.3 Å². The Morgan fingerprint density at radius 3 is 2.48 bits per heavy atom. The number of benzene rings is 2. The van der Waals surface area contributed by atoms with Gasteiger partial charge in [0.2, 0.25) is 0 Å². The van der Waals surface area contributed by atoms with Gasteiger partial charge in [-0.05, 0) is 48.0 Å². The van der Waals surface area contributed by atoms with Crippen LogP contribution in [-0.2, 0) is 6.54 Å². The molecule has 0 radical (unpaired) electrons. The van der Waals surface area contributed by atoms with Crippen LogP contribution < -0.4 is 5.32 Å². The SMILES string of the molecule is Clc1cc(Cl)cc(CNc2ccc(Cl)c3cccnc23)c1. The van der Waals surface area contributed by atoms with Crippen LogP contribution in [-0.4, -0.2) is 4.98 Å². The van der Waals surface area contributed by atoms with Crippen LogP contribution in [0.2, 0.25) is 15.1 Å². The van der Waals surface area contributed by atoms with Gasteiger partial charge in [-0.2, -0.15) is 0 Å². The second kappa shape index (κ2) is 6.10. The number of aromatic nitrogens is 1. The third-order valence-corrected chi connectivity index (χ3v) is 3.89. The zero-order valence-corrected chi connectivity index (χ0v) is 13.2. The lowest BCUT2D eigenvalue weighted by Gasteiger charge is -2.10. The van der Waals surface area contributed by atoms with Crippen molar-refractivity contribution in [3.8, 4) is 0 Å². The summed E-state index contributed by atoms with van der Waals surface area (Å²) in [6, 6.07) is 13.1. The summed E-state index contributed by atoms with van der Waals surface area (Å²) in [7, 11) is 0. The molecule has 0 amide bonds. The average molecular weight is 338 g/mol. The van der Waals surface area contributed by atoms with Crippen LogP contribution in [0.25, 0.3) is 10.9 Å². The second-order valence-corrected chi connectivity index (χ2v) is 5.91. The number of rotatable bonds is 3. The minimum absolute atomic E-state index is 0.605. The fourth-order valence-corrected chi connectivity index (χ4v) is 2.98. The molecule has 1 N–H and O–H groups in total. The Morgan fingerprint density at radius 1 is 0.952 bits per heavy atom. The number of nitrogens with zero attached hydrogens (tertiary/aromatic N) is 1. The van der Waals surface area contributed by atoms with Crippen molar-refractivity contribution in [3.63, 3.8) is 0 Å². The minimum atomic E-state index is 0.605. The maximum absolute atomic E-state index is 6.19. The largest absolute Gasteiger partial charge is 0.379 e. The highest BCUT2D eigenvalue weighted by Crippen LogP contribution is 2.28. The molecule has 0 atom stereocenters. The van der Waals surface area contributed by atoms with Crippen molar-refractivity contribution in [1.82, 2.24) is 4.98 Å². The molecule has 2 nitrogen and oxygen atoms in total. The van der Waals surface area contributed by atoms with E-state index >= 15 is 0 Å². The van der Waals surface area contributed by atoms with Crippen LogP contribution in [0, 0.1) is 0 Å². The Kier molecular flexibility index (Phi) is 4.20. The van der Waals surface area contributed by atoms with E-state index < -0.39 is 0 Å². The lowest BCUT2D eigenvalue weighted by Crippen LogP contribution is -2.00. The molecule has 0 aliphatic rings. The van der Waals surface area contributed by atoms with Crippen molar-refractivity contribution in [2.45, 2.75) is 6.54 Å². The van der Waals surface area contributed by atoms with Crippen molar-refractivity contribution < 1.29 is 0 Å². The van der Waals surface area contributed by atoms with E-state index in [0.29, 0.717) is 21.6 Å². The molecule has 5 heteroatoms. The lowest BCUT2D eigenvalue weighted by atomic mass is 10.1. The highest BCUT2D eigenvalue weighted by molar-refractivity contribution is 6.36. The van der Waals surface area contributed by atoms with Crippen LogP contribution in [0.3, 0.4) is 0 Å². The molecule has 0 saturated carbocycles. The van der Waals surface area contributed by atoms with Gasteiger partial charge in [-0.25, -0.2) is 0 Å². The maximum atomic E-state index is 6.19. The number of nitrogens with one attached hydrogen (secondary N) is 1. The van der Waals surface area contributed by atoms with E-state index in [2.05, 4.69) is 10.3 Å². The first kappa shape index (κ1) is 14.5. The quantitative estimate of drug-likeness (QED) is 0.652. The lowest BCUT2D eigenvalue weighted by molar-refractivity contribution is 1.15. The van der Waals surface area contributed by atoms with Gasteiger partial charge in [0.1, 0.15) is 0 Å². The second-order valence-electron chi connectivity index (χ2n) is 4.63. The number of halogens is 3. The van der Waals surface area contributed by atoms with Gasteiger partial charge >= 0.3 is 0 Å². The Morgan fingerprint density at radius 2 is 1.71 bits per heavy atom. The molecule has 106 valence electrons. The average Bonchev–Trinajstić information content (AvgIpc) is 2.46.